The summed E-state index contributed by atoms with van der Waals surface area (Å²) in [5, 5.41) is 11.6. The predicted molar refractivity (Wildman–Crippen MR) is 71.3 cm³/mol. The van der Waals surface area contributed by atoms with E-state index >= 15 is 0 Å². The van der Waals surface area contributed by atoms with Crippen molar-refractivity contribution in [3.05, 3.63) is 29.8 Å². The Kier molecular flexibility index (Phi) is 5.36. The molecular weight excluding hydrogens is 246 g/mol. The molecule has 5 nitrogen and oxygen atoms in total. The average Bonchev–Trinajstić information content (AvgIpc) is 2.36. The number of carboxylic acids is 1. The fourth-order valence-electron chi connectivity index (χ4n) is 1.41. The van der Waals surface area contributed by atoms with Crippen LogP contribution in [0.5, 0.6) is 5.75 Å². The van der Waals surface area contributed by atoms with Crippen LogP contribution in [0.25, 0.3) is 0 Å². The standard InChI is InChI=1S/C14H19NO4/c1-9(2)8-15-13(16)10(3)19-12-6-4-5-11(7-12)14(17)18/h4-7,9-10H,8H2,1-3H3,(H,15,16)(H,17,18). The molecule has 2 N–H and O–H groups in total. The topological polar surface area (TPSA) is 75.6 Å². The van der Waals surface area contributed by atoms with E-state index in [1.54, 1.807) is 19.1 Å². The van der Waals surface area contributed by atoms with E-state index in [9.17, 15) is 9.59 Å². The number of carbonyl (C=O) groups is 2. The largest absolute Gasteiger partial charge is 0.481 e. The van der Waals surface area contributed by atoms with Gasteiger partial charge in [-0.25, -0.2) is 4.79 Å². The lowest BCUT2D eigenvalue weighted by atomic mass is 10.2. The second-order valence-electron chi connectivity index (χ2n) is 4.73. The molecule has 0 saturated carbocycles. The van der Waals surface area contributed by atoms with E-state index < -0.39 is 12.1 Å². The van der Waals surface area contributed by atoms with E-state index in [4.69, 9.17) is 9.84 Å². The van der Waals surface area contributed by atoms with Crippen molar-refractivity contribution in [1.29, 1.82) is 0 Å². The van der Waals surface area contributed by atoms with Gasteiger partial charge in [0.15, 0.2) is 6.10 Å². The predicted octanol–water partition coefficient (Wildman–Crippen LogP) is 1.92. The summed E-state index contributed by atoms with van der Waals surface area (Å²) < 4.78 is 5.42. The number of ether oxygens (including phenoxy) is 1. The molecule has 0 aliphatic rings. The lowest BCUT2D eigenvalue weighted by Crippen LogP contribution is -2.38. The average molecular weight is 265 g/mol. The Balaban J connectivity index is 2.61. The van der Waals surface area contributed by atoms with Crippen LogP contribution in [0.2, 0.25) is 0 Å². The van der Waals surface area contributed by atoms with Crippen molar-refractivity contribution in [3.8, 4) is 5.75 Å². The van der Waals surface area contributed by atoms with Crippen molar-refractivity contribution in [2.45, 2.75) is 26.9 Å². The molecule has 0 radical (unpaired) electrons. The number of nitrogens with one attached hydrogen (secondary N) is 1. The van der Waals surface area contributed by atoms with Crippen molar-refractivity contribution >= 4 is 11.9 Å². The number of rotatable bonds is 6. The third-order valence-corrected chi connectivity index (χ3v) is 2.45. The minimum absolute atomic E-state index is 0.132. The van der Waals surface area contributed by atoms with Crippen molar-refractivity contribution < 1.29 is 19.4 Å². The van der Waals surface area contributed by atoms with Crippen LogP contribution in [-0.4, -0.2) is 29.6 Å². The van der Waals surface area contributed by atoms with Crippen molar-refractivity contribution in [3.63, 3.8) is 0 Å². The maximum Gasteiger partial charge on any atom is 0.335 e. The SMILES string of the molecule is CC(C)CNC(=O)C(C)Oc1cccc(C(=O)O)c1. The molecule has 1 unspecified atom stereocenters. The van der Waals surface area contributed by atoms with Crippen molar-refractivity contribution in [2.75, 3.05) is 6.54 Å². The number of hydrogen-bond acceptors (Lipinski definition) is 3. The zero-order chi connectivity index (χ0) is 14.4. The minimum atomic E-state index is -1.03. The first kappa shape index (κ1) is 15.0. The molecule has 5 heteroatoms. The fourth-order valence-corrected chi connectivity index (χ4v) is 1.41. The van der Waals surface area contributed by atoms with Gasteiger partial charge >= 0.3 is 5.97 Å². The van der Waals surface area contributed by atoms with Gasteiger partial charge in [-0.15, -0.1) is 0 Å². The maximum atomic E-state index is 11.7. The summed E-state index contributed by atoms with van der Waals surface area (Å²) in [6, 6.07) is 6.07. The summed E-state index contributed by atoms with van der Waals surface area (Å²) in [4.78, 5) is 22.5. The summed E-state index contributed by atoms with van der Waals surface area (Å²) in [6.45, 7) is 6.22. The smallest absolute Gasteiger partial charge is 0.335 e. The Morgan fingerprint density at radius 3 is 2.58 bits per heavy atom. The maximum absolute atomic E-state index is 11.7. The summed E-state index contributed by atoms with van der Waals surface area (Å²) in [7, 11) is 0. The lowest BCUT2D eigenvalue weighted by molar-refractivity contribution is -0.127. The van der Waals surface area contributed by atoms with Gasteiger partial charge in [0.1, 0.15) is 5.75 Å². The van der Waals surface area contributed by atoms with Crippen molar-refractivity contribution in [1.82, 2.24) is 5.32 Å². The molecule has 1 amide bonds. The highest BCUT2D eigenvalue weighted by Gasteiger charge is 2.15. The number of amides is 1. The van der Waals surface area contributed by atoms with Crippen molar-refractivity contribution in [2.24, 2.45) is 5.92 Å². The third-order valence-electron chi connectivity index (χ3n) is 2.45. The van der Waals surface area contributed by atoms with Gasteiger partial charge in [-0.05, 0) is 31.0 Å². The van der Waals surface area contributed by atoms with Crippen LogP contribution < -0.4 is 10.1 Å². The molecule has 0 aromatic heterocycles. The van der Waals surface area contributed by atoms with Crippen LogP contribution in [-0.2, 0) is 4.79 Å². The van der Waals surface area contributed by atoms with Gasteiger partial charge in [-0.2, -0.15) is 0 Å². The van der Waals surface area contributed by atoms with E-state index in [1.807, 2.05) is 13.8 Å². The Morgan fingerprint density at radius 1 is 1.32 bits per heavy atom. The summed E-state index contributed by atoms with van der Waals surface area (Å²) >= 11 is 0. The Labute approximate surface area is 112 Å². The zero-order valence-corrected chi connectivity index (χ0v) is 11.3. The van der Waals surface area contributed by atoms with E-state index in [0.717, 1.165) is 0 Å². The lowest BCUT2D eigenvalue weighted by Gasteiger charge is -2.15. The molecular formula is C14H19NO4. The normalized spacial score (nSPS) is 12.0. The monoisotopic (exact) mass is 265 g/mol. The van der Waals surface area contributed by atoms with E-state index in [1.165, 1.54) is 12.1 Å². The molecule has 0 fully saturated rings. The first-order valence-corrected chi connectivity index (χ1v) is 6.18. The molecule has 0 aliphatic heterocycles. The molecule has 19 heavy (non-hydrogen) atoms. The molecule has 0 spiro atoms. The highest BCUT2D eigenvalue weighted by molar-refractivity contribution is 5.88. The van der Waals surface area contributed by atoms with Gasteiger partial charge in [0.25, 0.3) is 5.91 Å². The summed E-state index contributed by atoms with van der Waals surface area (Å²) in [6.07, 6.45) is -0.664. The second kappa shape index (κ2) is 6.78. The number of hydrogen-bond donors (Lipinski definition) is 2. The molecule has 1 atom stereocenters. The number of benzene rings is 1. The number of carboxylic acid groups (broad SMARTS) is 1. The summed E-state index contributed by atoms with van der Waals surface area (Å²) in [5.41, 5.74) is 0.132. The van der Waals surface area contributed by atoms with E-state index in [-0.39, 0.29) is 11.5 Å². The molecule has 104 valence electrons. The number of aromatic carboxylic acids is 1. The highest BCUT2D eigenvalue weighted by Crippen LogP contribution is 2.15. The van der Waals surface area contributed by atoms with Gasteiger partial charge in [-0.1, -0.05) is 19.9 Å². The molecule has 0 bridgehead atoms. The van der Waals surface area contributed by atoms with Crippen LogP contribution in [0.1, 0.15) is 31.1 Å². The molecule has 0 saturated heterocycles. The highest BCUT2D eigenvalue weighted by atomic mass is 16.5. The first-order valence-electron chi connectivity index (χ1n) is 6.18. The molecule has 0 aliphatic carbocycles. The minimum Gasteiger partial charge on any atom is -0.481 e. The Bertz CT molecular complexity index is 457. The van der Waals surface area contributed by atoms with Crippen LogP contribution in [0.15, 0.2) is 24.3 Å². The first-order chi connectivity index (χ1) is 8.90. The van der Waals surface area contributed by atoms with Crippen LogP contribution >= 0.6 is 0 Å². The second-order valence-corrected chi connectivity index (χ2v) is 4.73. The third kappa shape index (κ3) is 4.99. The summed E-state index contributed by atoms with van der Waals surface area (Å²) in [5.74, 6) is -0.504. The van der Waals surface area contributed by atoms with Gasteiger partial charge < -0.3 is 15.2 Å². The Hall–Kier alpha value is -2.04. The van der Waals surface area contributed by atoms with E-state index in [2.05, 4.69) is 5.32 Å². The zero-order valence-electron chi connectivity index (χ0n) is 11.3. The van der Waals surface area contributed by atoms with Crippen LogP contribution in [0, 0.1) is 5.92 Å². The Morgan fingerprint density at radius 2 is 2.00 bits per heavy atom. The molecule has 1 aromatic carbocycles. The molecule has 1 aromatic rings. The molecule has 1 rings (SSSR count). The van der Waals surface area contributed by atoms with Gasteiger partial charge in [0.05, 0.1) is 5.56 Å². The van der Waals surface area contributed by atoms with Crippen LogP contribution in [0.4, 0.5) is 0 Å². The molecule has 0 heterocycles. The van der Waals surface area contributed by atoms with Gasteiger partial charge in [0, 0.05) is 6.54 Å². The van der Waals surface area contributed by atoms with Gasteiger partial charge in [-0.3, -0.25) is 4.79 Å². The van der Waals surface area contributed by atoms with Gasteiger partial charge in [0.2, 0.25) is 0 Å². The quantitative estimate of drug-likeness (QED) is 0.824. The number of carbonyl (C=O) groups excluding carboxylic acids is 1. The fraction of sp³-hybridized carbons (Fsp3) is 0.429. The van der Waals surface area contributed by atoms with E-state index in [0.29, 0.717) is 18.2 Å². The van der Waals surface area contributed by atoms with Crippen LogP contribution in [0.3, 0.4) is 0 Å².